The summed E-state index contributed by atoms with van der Waals surface area (Å²) < 4.78 is 68.8. The topological polar surface area (TPSA) is 237 Å². The van der Waals surface area contributed by atoms with Gasteiger partial charge in [0.25, 0.3) is 0 Å². The molecule has 3 N–H and O–H groups in total. The number of hydrogen-bond acceptors (Lipinski definition) is 15. The van der Waals surface area contributed by atoms with Gasteiger partial charge in [-0.15, -0.1) is 0 Å². The lowest BCUT2D eigenvalue weighted by atomic mass is 9.99. The maximum Gasteiger partial charge on any atom is 0.472 e. The first-order valence-corrected chi connectivity index (χ1v) is 45.9. The summed E-state index contributed by atoms with van der Waals surface area (Å²) in [6, 6.07) is 0. The number of phosphoric ester groups is 2. The molecule has 3 unspecified atom stereocenters. The van der Waals surface area contributed by atoms with Crippen LogP contribution in [-0.2, 0) is 65.4 Å². The van der Waals surface area contributed by atoms with Crippen LogP contribution in [0, 0.1) is 17.8 Å². The Morgan fingerprint density at radius 1 is 0.284 bits per heavy atom. The van der Waals surface area contributed by atoms with Gasteiger partial charge in [0.1, 0.15) is 19.3 Å². The van der Waals surface area contributed by atoms with E-state index in [-0.39, 0.29) is 25.7 Å². The third-order valence-corrected chi connectivity index (χ3v) is 21.6. The zero-order valence-electron chi connectivity index (χ0n) is 67.1. The van der Waals surface area contributed by atoms with Crippen LogP contribution in [0.15, 0.2) is 0 Å². The zero-order chi connectivity index (χ0) is 75.1. The lowest BCUT2D eigenvalue weighted by Gasteiger charge is -2.21. The second-order valence-corrected chi connectivity index (χ2v) is 34.0. The Hall–Kier alpha value is -1.94. The molecule has 0 aromatic rings. The molecule has 17 nitrogen and oxygen atoms in total. The molecular formula is C83H162O17P2. The first-order valence-electron chi connectivity index (χ1n) is 42.9. The number of aliphatic hydroxyl groups is 1. The molecule has 6 atom stereocenters. The Labute approximate surface area is 626 Å². The highest BCUT2D eigenvalue weighted by Crippen LogP contribution is 2.45. The number of rotatable bonds is 81. The first-order chi connectivity index (χ1) is 49.3. The summed E-state index contributed by atoms with van der Waals surface area (Å²) in [6.07, 6.45) is 62.3. The Morgan fingerprint density at radius 3 is 0.745 bits per heavy atom. The van der Waals surface area contributed by atoms with E-state index in [1.165, 1.54) is 244 Å². The molecular weight excluding hydrogens is 1330 g/mol. The minimum atomic E-state index is -4.96. The van der Waals surface area contributed by atoms with Crippen LogP contribution in [0.3, 0.4) is 0 Å². The van der Waals surface area contributed by atoms with Gasteiger partial charge < -0.3 is 33.8 Å². The third-order valence-electron chi connectivity index (χ3n) is 19.7. The van der Waals surface area contributed by atoms with E-state index < -0.39 is 97.5 Å². The molecule has 0 bridgehead atoms. The van der Waals surface area contributed by atoms with E-state index in [1.807, 2.05) is 0 Å². The second-order valence-electron chi connectivity index (χ2n) is 31.1. The van der Waals surface area contributed by atoms with Crippen molar-refractivity contribution in [3.05, 3.63) is 0 Å². The van der Waals surface area contributed by atoms with Gasteiger partial charge >= 0.3 is 39.5 Å². The van der Waals surface area contributed by atoms with E-state index in [0.717, 1.165) is 108 Å². The minimum absolute atomic E-state index is 0.106. The second kappa shape index (κ2) is 73.2. The van der Waals surface area contributed by atoms with Gasteiger partial charge in [-0.2, -0.15) is 0 Å². The van der Waals surface area contributed by atoms with Gasteiger partial charge in [-0.05, 0) is 43.4 Å². The molecule has 0 aromatic carbocycles. The van der Waals surface area contributed by atoms with Gasteiger partial charge in [-0.25, -0.2) is 9.13 Å². The number of carbonyl (C=O) groups excluding carboxylic acids is 4. The molecule has 0 aliphatic rings. The van der Waals surface area contributed by atoms with E-state index in [9.17, 15) is 43.2 Å². The average Bonchev–Trinajstić information content (AvgIpc) is 0.918. The third kappa shape index (κ3) is 74.9. The van der Waals surface area contributed by atoms with E-state index in [4.69, 9.17) is 37.0 Å². The Bertz CT molecular complexity index is 1980. The van der Waals surface area contributed by atoms with Gasteiger partial charge in [0.05, 0.1) is 26.4 Å². The molecule has 102 heavy (non-hydrogen) atoms. The van der Waals surface area contributed by atoms with Crippen molar-refractivity contribution >= 4 is 39.5 Å². The molecule has 0 aliphatic carbocycles. The smallest absolute Gasteiger partial charge is 0.462 e. The maximum absolute atomic E-state index is 13.1. The molecule has 0 saturated carbocycles. The SMILES string of the molecule is CCCCCCCCCCCCCCCCCCCC(=O)OC[C@H](COP(=O)(O)OC[C@@H](O)COP(=O)(O)OC[C@@H](COC(=O)CCCCCCCCCCCC(C)C)OC(=O)CCCCCCCCCCCCC(C)CC)OC(=O)CCCCCCCCCCCCCCCCCCC(C)C. The summed E-state index contributed by atoms with van der Waals surface area (Å²) in [5.41, 5.74) is 0. The van der Waals surface area contributed by atoms with E-state index >= 15 is 0 Å². The quantitative estimate of drug-likeness (QED) is 0.0222. The molecule has 0 fully saturated rings. The molecule has 19 heteroatoms. The lowest BCUT2D eigenvalue weighted by molar-refractivity contribution is -0.161. The summed E-state index contributed by atoms with van der Waals surface area (Å²) in [6.45, 7) is 12.0. The van der Waals surface area contributed by atoms with Crippen LogP contribution in [0.1, 0.15) is 434 Å². The molecule has 0 saturated heterocycles. The molecule has 0 rings (SSSR count). The number of phosphoric acid groups is 2. The summed E-state index contributed by atoms with van der Waals surface area (Å²) >= 11 is 0. The summed E-state index contributed by atoms with van der Waals surface area (Å²) in [5.74, 6) is 0.248. The molecule has 0 heterocycles. The van der Waals surface area contributed by atoms with Gasteiger partial charge in [0, 0.05) is 25.7 Å². The average molecular weight is 1490 g/mol. The van der Waals surface area contributed by atoms with E-state index in [1.54, 1.807) is 0 Å². The predicted molar refractivity (Wildman–Crippen MR) is 418 cm³/mol. The molecule has 606 valence electrons. The van der Waals surface area contributed by atoms with Crippen LogP contribution < -0.4 is 0 Å². The highest BCUT2D eigenvalue weighted by molar-refractivity contribution is 7.47. The van der Waals surface area contributed by atoms with Crippen LogP contribution in [0.25, 0.3) is 0 Å². The van der Waals surface area contributed by atoms with Crippen molar-refractivity contribution in [1.29, 1.82) is 0 Å². The molecule has 0 spiro atoms. The fourth-order valence-electron chi connectivity index (χ4n) is 12.8. The number of hydrogen-bond donors (Lipinski definition) is 3. The van der Waals surface area contributed by atoms with Crippen molar-refractivity contribution in [3.8, 4) is 0 Å². The zero-order valence-corrected chi connectivity index (χ0v) is 68.9. The van der Waals surface area contributed by atoms with Crippen molar-refractivity contribution in [1.82, 2.24) is 0 Å². The van der Waals surface area contributed by atoms with Crippen LogP contribution >= 0.6 is 15.6 Å². The van der Waals surface area contributed by atoms with E-state index in [0.29, 0.717) is 25.7 Å². The van der Waals surface area contributed by atoms with Crippen molar-refractivity contribution < 1.29 is 80.2 Å². The summed E-state index contributed by atoms with van der Waals surface area (Å²) in [4.78, 5) is 73.1. The normalized spacial score (nSPS) is 14.2. The predicted octanol–water partition coefficient (Wildman–Crippen LogP) is 24.9. The van der Waals surface area contributed by atoms with Gasteiger partial charge in [0.2, 0.25) is 0 Å². The fraction of sp³-hybridized carbons (Fsp3) is 0.952. The van der Waals surface area contributed by atoms with Crippen molar-refractivity contribution in [2.75, 3.05) is 39.6 Å². The van der Waals surface area contributed by atoms with Gasteiger partial charge in [0.15, 0.2) is 12.2 Å². The Morgan fingerprint density at radius 2 is 0.500 bits per heavy atom. The van der Waals surface area contributed by atoms with Crippen LogP contribution in [0.2, 0.25) is 0 Å². The van der Waals surface area contributed by atoms with Gasteiger partial charge in [-0.1, -0.05) is 382 Å². The van der Waals surface area contributed by atoms with Crippen LogP contribution in [0.5, 0.6) is 0 Å². The maximum atomic E-state index is 13.1. The number of unbranched alkanes of at least 4 members (excludes halogenated alkanes) is 48. The van der Waals surface area contributed by atoms with Crippen molar-refractivity contribution in [3.63, 3.8) is 0 Å². The number of carbonyl (C=O) groups is 4. The molecule has 0 radical (unpaired) electrons. The van der Waals surface area contributed by atoms with Crippen molar-refractivity contribution in [2.24, 2.45) is 17.8 Å². The molecule has 0 aliphatic heterocycles. The molecule has 0 amide bonds. The highest BCUT2D eigenvalue weighted by Gasteiger charge is 2.30. The fourth-order valence-corrected chi connectivity index (χ4v) is 14.4. The number of aliphatic hydroxyl groups excluding tert-OH is 1. The summed E-state index contributed by atoms with van der Waals surface area (Å²) in [5, 5.41) is 10.7. The minimum Gasteiger partial charge on any atom is -0.462 e. The number of ether oxygens (including phenoxy) is 4. The van der Waals surface area contributed by atoms with Crippen LogP contribution in [0.4, 0.5) is 0 Å². The van der Waals surface area contributed by atoms with E-state index in [2.05, 4.69) is 48.5 Å². The first kappa shape index (κ1) is 100. The molecule has 0 aromatic heterocycles. The Kier molecular flexibility index (Phi) is 71.8. The Balaban J connectivity index is 5.26. The standard InChI is InChI=1S/C83H162O17P2/c1-8-10-11-12-13-14-15-16-17-18-22-25-28-36-43-50-57-64-80(85)93-70-78(99-82(87)66-59-52-45-37-29-26-23-20-19-21-24-27-33-40-47-54-61-74(3)4)72-97-101(89,90)95-68-77(84)69-96-102(91,92)98-73-79(71-94-81(86)65-58-51-44-39-32-34-41-48-55-62-75(5)6)100-83(88)67-60-53-46-38-31-30-35-42-49-56-63-76(7)9-2/h74-79,84H,8-73H2,1-7H3,(H,89,90)(H,91,92)/t76?,77-,78-,79-/m1/s1. The van der Waals surface area contributed by atoms with Gasteiger partial charge in [-0.3, -0.25) is 37.3 Å². The highest BCUT2D eigenvalue weighted by atomic mass is 31.2. The number of esters is 4. The monoisotopic (exact) mass is 1490 g/mol. The summed E-state index contributed by atoms with van der Waals surface area (Å²) in [7, 11) is -9.93. The van der Waals surface area contributed by atoms with Crippen LogP contribution in [-0.4, -0.2) is 96.7 Å². The lowest BCUT2D eigenvalue weighted by Crippen LogP contribution is -2.30. The largest absolute Gasteiger partial charge is 0.472 e. The van der Waals surface area contributed by atoms with Crippen molar-refractivity contribution in [2.45, 2.75) is 452 Å².